The molecular formula is C14H17Br2N3O. The van der Waals surface area contributed by atoms with Crippen LogP contribution in [0.3, 0.4) is 0 Å². The first-order valence-corrected chi connectivity index (χ1v) is 7.78. The number of anilines is 1. The van der Waals surface area contributed by atoms with E-state index in [0.717, 1.165) is 14.6 Å². The van der Waals surface area contributed by atoms with Gasteiger partial charge >= 0.3 is 0 Å². The highest BCUT2D eigenvalue weighted by atomic mass is 79.9. The van der Waals surface area contributed by atoms with Crippen LogP contribution in [0.5, 0.6) is 0 Å². The van der Waals surface area contributed by atoms with E-state index >= 15 is 0 Å². The lowest BCUT2D eigenvalue weighted by atomic mass is 9.90. The maximum atomic E-state index is 11.9. The summed E-state index contributed by atoms with van der Waals surface area (Å²) in [6.07, 6.45) is 0. The highest BCUT2D eigenvalue weighted by molar-refractivity contribution is 9.11. The number of nitrogens with zero attached hydrogens (tertiary/aromatic N) is 1. The van der Waals surface area contributed by atoms with Crippen molar-refractivity contribution in [1.82, 2.24) is 5.32 Å². The molecule has 4 nitrogen and oxygen atoms in total. The quantitative estimate of drug-likeness (QED) is 0.789. The van der Waals surface area contributed by atoms with E-state index in [1.54, 1.807) is 6.92 Å². The van der Waals surface area contributed by atoms with Crippen molar-refractivity contribution in [3.63, 3.8) is 0 Å². The summed E-state index contributed by atoms with van der Waals surface area (Å²) in [5.74, 6) is -0.173. The van der Waals surface area contributed by atoms with Crippen molar-refractivity contribution in [2.45, 2.75) is 26.3 Å². The molecule has 6 heteroatoms. The SMILES string of the molecule is CC(C)[C@@](C)(C#N)NC(=O)CNc1ccc(Br)cc1Br. The van der Waals surface area contributed by atoms with Crippen LogP contribution in [0.2, 0.25) is 0 Å². The Hall–Kier alpha value is -1.06. The van der Waals surface area contributed by atoms with Crippen LogP contribution < -0.4 is 10.6 Å². The average Bonchev–Trinajstić information content (AvgIpc) is 2.37. The number of rotatable bonds is 5. The Kier molecular flexibility index (Phi) is 6.03. The van der Waals surface area contributed by atoms with Gasteiger partial charge in [0, 0.05) is 14.6 Å². The van der Waals surface area contributed by atoms with Gasteiger partial charge in [0.15, 0.2) is 0 Å². The van der Waals surface area contributed by atoms with Gasteiger partial charge in [0.25, 0.3) is 0 Å². The lowest BCUT2D eigenvalue weighted by Gasteiger charge is -2.27. The lowest BCUT2D eigenvalue weighted by Crippen LogP contribution is -2.50. The Bertz CT molecular complexity index is 540. The van der Waals surface area contributed by atoms with E-state index < -0.39 is 5.54 Å². The Morgan fingerprint density at radius 2 is 2.10 bits per heavy atom. The first-order valence-electron chi connectivity index (χ1n) is 6.19. The van der Waals surface area contributed by atoms with Gasteiger partial charge in [-0.1, -0.05) is 29.8 Å². The molecule has 1 aromatic carbocycles. The fraction of sp³-hybridized carbons (Fsp3) is 0.429. The van der Waals surface area contributed by atoms with Gasteiger partial charge in [-0.25, -0.2) is 0 Å². The number of benzene rings is 1. The Morgan fingerprint density at radius 1 is 1.45 bits per heavy atom. The van der Waals surface area contributed by atoms with E-state index in [9.17, 15) is 4.79 Å². The predicted octanol–water partition coefficient (Wildman–Crippen LogP) is 3.68. The largest absolute Gasteiger partial charge is 0.375 e. The minimum Gasteiger partial charge on any atom is -0.375 e. The molecule has 0 aliphatic rings. The Morgan fingerprint density at radius 3 is 2.60 bits per heavy atom. The lowest BCUT2D eigenvalue weighted by molar-refractivity contribution is -0.121. The van der Waals surface area contributed by atoms with Crippen molar-refractivity contribution >= 4 is 43.5 Å². The van der Waals surface area contributed by atoms with Crippen molar-refractivity contribution in [3.8, 4) is 6.07 Å². The summed E-state index contributed by atoms with van der Waals surface area (Å²) in [7, 11) is 0. The molecule has 1 rings (SSSR count). The molecule has 0 bridgehead atoms. The monoisotopic (exact) mass is 401 g/mol. The van der Waals surface area contributed by atoms with Crippen molar-refractivity contribution < 1.29 is 4.79 Å². The summed E-state index contributed by atoms with van der Waals surface area (Å²) in [6, 6.07) is 7.80. The first-order chi connectivity index (χ1) is 9.28. The van der Waals surface area contributed by atoms with E-state index in [0.29, 0.717) is 0 Å². The van der Waals surface area contributed by atoms with Crippen LogP contribution in [0.1, 0.15) is 20.8 Å². The number of carbonyl (C=O) groups excluding carboxylic acids is 1. The van der Waals surface area contributed by atoms with Crippen molar-refractivity contribution in [2.75, 3.05) is 11.9 Å². The Balaban J connectivity index is 2.62. The van der Waals surface area contributed by atoms with Gasteiger partial charge in [-0.15, -0.1) is 0 Å². The molecule has 0 aliphatic carbocycles. The zero-order chi connectivity index (χ0) is 15.3. The number of halogens is 2. The molecule has 0 aromatic heterocycles. The molecule has 0 saturated heterocycles. The third-order valence-electron chi connectivity index (χ3n) is 3.16. The number of hydrogen-bond donors (Lipinski definition) is 2. The highest BCUT2D eigenvalue weighted by Gasteiger charge is 2.29. The molecule has 2 N–H and O–H groups in total. The second-order valence-electron chi connectivity index (χ2n) is 4.99. The van der Waals surface area contributed by atoms with E-state index in [4.69, 9.17) is 5.26 Å². The zero-order valence-corrected chi connectivity index (χ0v) is 14.8. The Labute approximate surface area is 136 Å². The van der Waals surface area contributed by atoms with Gasteiger partial charge in [-0.3, -0.25) is 4.79 Å². The second-order valence-corrected chi connectivity index (χ2v) is 6.76. The van der Waals surface area contributed by atoms with E-state index in [1.807, 2.05) is 32.0 Å². The molecule has 0 radical (unpaired) electrons. The summed E-state index contributed by atoms with van der Waals surface area (Å²) >= 11 is 6.79. The molecular weight excluding hydrogens is 386 g/mol. The minimum atomic E-state index is -0.851. The molecule has 1 aromatic rings. The first kappa shape index (κ1) is 17.0. The molecule has 0 fully saturated rings. The number of hydrogen-bond acceptors (Lipinski definition) is 3. The number of carbonyl (C=O) groups is 1. The summed E-state index contributed by atoms with van der Waals surface area (Å²) in [5, 5.41) is 15.0. The summed E-state index contributed by atoms with van der Waals surface area (Å²) < 4.78 is 1.82. The van der Waals surface area contributed by atoms with Crippen LogP contribution in [-0.2, 0) is 4.79 Å². The van der Waals surface area contributed by atoms with E-state index in [2.05, 4.69) is 48.6 Å². The van der Waals surface area contributed by atoms with Crippen LogP contribution in [0, 0.1) is 17.2 Å². The highest BCUT2D eigenvalue weighted by Crippen LogP contribution is 2.25. The molecule has 0 heterocycles. The van der Waals surface area contributed by atoms with Crippen LogP contribution in [0.25, 0.3) is 0 Å². The zero-order valence-electron chi connectivity index (χ0n) is 11.6. The fourth-order valence-electron chi connectivity index (χ4n) is 1.44. The smallest absolute Gasteiger partial charge is 0.240 e. The van der Waals surface area contributed by atoms with Gasteiger partial charge in [0.1, 0.15) is 5.54 Å². The fourth-order valence-corrected chi connectivity index (χ4v) is 2.63. The van der Waals surface area contributed by atoms with Crippen LogP contribution in [0.4, 0.5) is 5.69 Å². The third-order valence-corrected chi connectivity index (χ3v) is 4.31. The summed E-state index contributed by atoms with van der Waals surface area (Å²) in [4.78, 5) is 11.9. The second kappa shape index (κ2) is 7.09. The van der Waals surface area contributed by atoms with Crippen LogP contribution >= 0.6 is 31.9 Å². The number of nitriles is 1. The summed E-state index contributed by atoms with van der Waals surface area (Å²) in [6.45, 7) is 5.65. The topological polar surface area (TPSA) is 64.9 Å². The van der Waals surface area contributed by atoms with Gasteiger partial charge in [-0.2, -0.15) is 5.26 Å². The summed E-state index contributed by atoms with van der Waals surface area (Å²) in [5.41, 5.74) is -0.0260. The number of amides is 1. The van der Waals surface area contributed by atoms with Crippen molar-refractivity contribution in [1.29, 1.82) is 5.26 Å². The van der Waals surface area contributed by atoms with E-state index in [1.165, 1.54) is 0 Å². The van der Waals surface area contributed by atoms with Crippen molar-refractivity contribution in [2.24, 2.45) is 5.92 Å². The van der Waals surface area contributed by atoms with E-state index in [-0.39, 0.29) is 18.4 Å². The molecule has 0 saturated carbocycles. The molecule has 1 atom stereocenters. The van der Waals surface area contributed by atoms with Crippen LogP contribution in [-0.4, -0.2) is 18.0 Å². The van der Waals surface area contributed by atoms with Crippen LogP contribution in [0.15, 0.2) is 27.1 Å². The molecule has 0 spiro atoms. The predicted molar refractivity (Wildman–Crippen MR) is 87.3 cm³/mol. The number of nitrogens with one attached hydrogen (secondary N) is 2. The molecule has 0 aliphatic heterocycles. The maximum absolute atomic E-state index is 11.9. The van der Waals surface area contributed by atoms with Crippen molar-refractivity contribution in [3.05, 3.63) is 27.1 Å². The van der Waals surface area contributed by atoms with Gasteiger partial charge in [0.05, 0.1) is 12.6 Å². The third kappa shape index (κ3) is 4.50. The molecule has 20 heavy (non-hydrogen) atoms. The maximum Gasteiger partial charge on any atom is 0.240 e. The van der Waals surface area contributed by atoms with Gasteiger partial charge in [0.2, 0.25) is 5.91 Å². The molecule has 108 valence electrons. The van der Waals surface area contributed by atoms with Gasteiger partial charge in [-0.05, 0) is 47.0 Å². The average molecular weight is 403 g/mol. The van der Waals surface area contributed by atoms with Gasteiger partial charge < -0.3 is 10.6 Å². The minimum absolute atomic E-state index is 0.0378. The normalized spacial score (nSPS) is 13.4. The molecule has 1 amide bonds. The molecule has 0 unspecified atom stereocenters. The standard InChI is InChI=1S/C14H17Br2N3O/c1-9(2)14(3,8-17)19-13(20)7-18-12-5-4-10(15)6-11(12)16/h4-6,9,18H,7H2,1-3H3,(H,19,20)/t14-/m1/s1.